The second-order valence-electron chi connectivity index (χ2n) is 6.13. The molecule has 3 N–H and O–H groups in total. The predicted octanol–water partition coefficient (Wildman–Crippen LogP) is 1.60. The maximum atomic E-state index is 12.7. The first-order valence-electron chi connectivity index (χ1n) is 8.40. The number of nitrogens with one attached hydrogen (secondary N) is 1. The molecule has 28 heavy (non-hydrogen) atoms. The van der Waals surface area contributed by atoms with Crippen LogP contribution in [-0.4, -0.2) is 32.2 Å². The second kappa shape index (κ2) is 5.95. The molecule has 4 aromatic rings. The molecule has 138 valence electrons. The first-order valence-corrected chi connectivity index (χ1v) is 8.40. The number of aromatic amines is 1. The number of nitrogens with two attached hydrogens (primary N) is 1. The Kier molecular flexibility index (Phi) is 3.41. The van der Waals surface area contributed by atoms with Crippen LogP contribution in [0.3, 0.4) is 0 Å². The van der Waals surface area contributed by atoms with E-state index >= 15 is 0 Å². The highest BCUT2D eigenvalue weighted by atomic mass is 16.7. The van der Waals surface area contributed by atoms with Crippen LogP contribution in [0.4, 0.5) is 0 Å². The van der Waals surface area contributed by atoms with E-state index in [4.69, 9.17) is 15.2 Å². The van der Waals surface area contributed by atoms with Gasteiger partial charge in [0, 0.05) is 11.6 Å². The van der Waals surface area contributed by atoms with Crippen molar-refractivity contribution in [2.24, 2.45) is 5.73 Å². The summed E-state index contributed by atoms with van der Waals surface area (Å²) < 4.78 is 12.0. The van der Waals surface area contributed by atoms with Gasteiger partial charge >= 0.3 is 5.69 Å². The van der Waals surface area contributed by atoms with Gasteiger partial charge < -0.3 is 20.2 Å². The summed E-state index contributed by atoms with van der Waals surface area (Å²) in [6.45, 7) is 0.119. The number of ether oxygens (including phenoxy) is 2. The number of carbonyl (C=O) groups excluding carboxylic acids is 1. The number of H-pyrrole nitrogens is 1. The Hall–Kier alpha value is -4.14. The maximum Gasteiger partial charge on any atom is 0.332 e. The van der Waals surface area contributed by atoms with Gasteiger partial charge in [0.2, 0.25) is 6.79 Å². The number of carbonyl (C=O) groups is 1. The Labute approximate surface area is 157 Å². The van der Waals surface area contributed by atoms with Crippen LogP contribution < -0.4 is 20.9 Å². The second-order valence-corrected chi connectivity index (χ2v) is 6.13. The van der Waals surface area contributed by atoms with Crippen LogP contribution in [0, 0.1) is 0 Å². The minimum Gasteiger partial charge on any atom is -0.454 e. The lowest BCUT2D eigenvalue weighted by Crippen LogP contribution is -2.15. The molecule has 5 rings (SSSR count). The molecule has 1 aliphatic heterocycles. The minimum absolute atomic E-state index is 0.0551. The van der Waals surface area contributed by atoms with Crippen LogP contribution in [0.2, 0.25) is 0 Å². The molecule has 0 fully saturated rings. The van der Waals surface area contributed by atoms with Crippen molar-refractivity contribution in [3.8, 4) is 28.6 Å². The summed E-state index contributed by atoms with van der Waals surface area (Å²) in [5.41, 5.74) is 6.59. The molecule has 0 bridgehead atoms. The van der Waals surface area contributed by atoms with E-state index in [9.17, 15) is 9.59 Å². The molecule has 1 aliphatic rings. The van der Waals surface area contributed by atoms with E-state index in [0.29, 0.717) is 22.7 Å². The molecule has 2 aromatic heterocycles. The van der Waals surface area contributed by atoms with Crippen LogP contribution in [0.5, 0.6) is 11.5 Å². The molecule has 0 saturated heterocycles. The third-order valence-corrected chi connectivity index (χ3v) is 4.42. The number of primary amides is 1. The summed E-state index contributed by atoms with van der Waals surface area (Å²) in [6, 6.07) is 14.2. The lowest BCUT2D eigenvalue weighted by molar-refractivity contribution is 0.0997. The molecule has 9 nitrogen and oxygen atoms in total. The van der Waals surface area contributed by atoms with E-state index in [1.165, 1.54) is 4.57 Å². The number of imidazole rings is 1. The fraction of sp³-hybridized carbons (Fsp3) is 0.0526. The van der Waals surface area contributed by atoms with Crippen molar-refractivity contribution in [2.45, 2.75) is 0 Å². The van der Waals surface area contributed by atoms with Gasteiger partial charge in [-0.25, -0.2) is 19.3 Å². The smallest absolute Gasteiger partial charge is 0.332 e. The number of hydrogen-bond donors (Lipinski definition) is 2. The number of fused-ring (bicyclic) bond motifs is 2. The van der Waals surface area contributed by atoms with Crippen LogP contribution in [-0.2, 0) is 0 Å². The molecule has 0 aliphatic carbocycles. The summed E-state index contributed by atoms with van der Waals surface area (Å²) in [7, 11) is 0. The van der Waals surface area contributed by atoms with Crippen molar-refractivity contribution in [3.05, 3.63) is 64.7 Å². The quantitative estimate of drug-likeness (QED) is 0.560. The van der Waals surface area contributed by atoms with Gasteiger partial charge in [0.25, 0.3) is 5.91 Å². The fourth-order valence-electron chi connectivity index (χ4n) is 3.14. The zero-order valence-electron chi connectivity index (χ0n) is 14.4. The minimum atomic E-state index is -0.760. The van der Waals surface area contributed by atoms with E-state index in [1.807, 2.05) is 30.3 Å². The van der Waals surface area contributed by atoms with Crippen molar-refractivity contribution >= 4 is 17.1 Å². The highest BCUT2D eigenvalue weighted by Gasteiger charge is 2.21. The standard InChI is InChI=1S/C19H13N5O4/c20-16(25)14-15-18(23-17(21-14)10-4-2-1-3-5-10)24(19(26)22-15)11-6-7-12-13(8-11)28-9-27-12/h1-8H,9H2,(H2,20,25)(H,22,26). The molecule has 0 saturated carbocycles. The van der Waals surface area contributed by atoms with Crippen LogP contribution >= 0.6 is 0 Å². The van der Waals surface area contributed by atoms with E-state index < -0.39 is 11.6 Å². The summed E-state index contributed by atoms with van der Waals surface area (Å²) in [5.74, 6) is 0.638. The largest absolute Gasteiger partial charge is 0.454 e. The lowest BCUT2D eigenvalue weighted by Gasteiger charge is -2.07. The highest BCUT2D eigenvalue weighted by molar-refractivity contribution is 6.02. The maximum absolute atomic E-state index is 12.7. The van der Waals surface area contributed by atoms with E-state index in [0.717, 1.165) is 0 Å². The number of hydrogen-bond acceptors (Lipinski definition) is 6. The topological polar surface area (TPSA) is 125 Å². The first kappa shape index (κ1) is 16.1. The monoisotopic (exact) mass is 375 g/mol. The van der Waals surface area contributed by atoms with Gasteiger partial charge in [-0.1, -0.05) is 30.3 Å². The van der Waals surface area contributed by atoms with E-state index in [2.05, 4.69) is 15.0 Å². The average Bonchev–Trinajstić information content (AvgIpc) is 3.30. The molecule has 9 heteroatoms. The Bertz CT molecular complexity index is 1290. The molecular weight excluding hydrogens is 362 g/mol. The third kappa shape index (κ3) is 2.41. The summed E-state index contributed by atoms with van der Waals surface area (Å²) in [4.78, 5) is 36.1. The van der Waals surface area contributed by atoms with Crippen molar-refractivity contribution in [1.29, 1.82) is 0 Å². The van der Waals surface area contributed by atoms with Crippen LogP contribution in [0.25, 0.3) is 28.2 Å². The molecule has 2 aromatic carbocycles. The third-order valence-electron chi connectivity index (χ3n) is 4.42. The molecule has 3 heterocycles. The Morgan fingerprint density at radius 3 is 2.64 bits per heavy atom. The Balaban J connectivity index is 1.81. The first-order chi connectivity index (χ1) is 13.6. The van der Waals surface area contributed by atoms with Gasteiger partial charge in [-0.15, -0.1) is 0 Å². The Morgan fingerprint density at radius 1 is 1.07 bits per heavy atom. The van der Waals surface area contributed by atoms with Gasteiger partial charge in [-0.05, 0) is 12.1 Å². The Morgan fingerprint density at radius 2 is 1.86 bits per heavy atom. The number of aromatic nitrogens is 4. The zero-order valence-corrected chi connectivity index (χ0v) is 14.4. The van der Waals surface area contributed by atoms with Crippen LogP contribution in [0.15, 0.2) is 53.3 Å². The average molecular weight is 375 g/mol. The van der Waals surface area contributed by atoms with Gasteiger partial charge in [-0.2, -0.15) is 0 Å². The van der Waals surface area contributed by atoms with Gasteiger partial charge in [0.1, 0.15) is 5.52 Å². The van der Waals surface area contributed by atoms with Crippen LogP contribution in [0.1, 0.15) is 10.5 Å². The molecule has 1 amide bonds. The van der Waals surface area contributed by atoms with Gasteiger partial charge in [-0.3, -0.25) is 4.79 Å². The number of benzene rings is 2. The summed E-state index contributed by atoms with van der Waals surface area (Å²) in [6.07, 6.45) is 0. The highest BCUT2D eigenvalue weighted by Crippen LogP contribution is 2.34. The number of rotatable bonds is 3. The summed E-state index contributed by atoms with van der Waals surface area (Å²) >= 11 is 0. The van der Waals surface area contributed by atoms with Gasteiger partial charge in [0.05, 0.1) is 5.69 Å². The van der Waals surface area contributed by atoms with Crippen molar-refractivity contribution in [3.63, 3.8) is 0 Å². The molecule has 0 unspecified atom stereocenters. The fourth-order valence-corrected chi connectivity index (χ4v) is 3.14. The predicted molar refractivity (Wildman–Crippen MR) is 99.6 cm³/mol. The van der Waals surface area contributed by atoms with Crippen molar-refractivity contribution in [1.82, 2.24) is 19.5 Å². The van der Waals surface area contributed by atoms with Crippen molar-refractivity contribution < 1.29 is 14.3 Å². The summed E-state index contributed by atoms with van der Waals surface area (Å²) in [5, 5.41) is 0. The van der Waals surface area contributed by atoms with Crippen molar-refractivity contribution in [2.75, 3.05) is 6.79 Å². The SMILES string of the molecule is NC(=O)c1nc(-c2ccccc2)nc2c1[nH]c(=O)n2-c1ccc2c(c1)OCO2. The zero-order chi connectivity index (χ0) is 19.3. The van der Waals surface area contributed by atoms with Gasteiger partial charge in [0.15, 0.2) is 28.7 Å². The molecule has 0 atom stereocenters. The number of nitrogens with zero attached hydrogens (tertiary/aromatic N) is 3. The van der Waals surface area contributed by atoms with E-state index in [1.54, 1.807) is 18.2 Å². The molecule has 0 spiro atoms. The lowest BCUT2D eigenvalue weighted by atomic mass is 10.2. The van der Waals surface area contributed by atoms with E-state index in [-0.39, 0.29) is 29.5 Å². The number of amides is 1. The normalized spacial score (nSPS) is 12.4. The molecular formula is C19H13N5O4. The molecule has 0 radical (unpaired) electrons.